The van der Waals surface area contributed by atoms with Gasteiger partial charge in [0, 0.05) is 6.61 Å². The van der Waals surface area contributed by atoms with Crippen molar-refractivity contribution in [1.29, 1.82) is 0 Å². The van der Waals surface area contributed by atoms with Crippen LogP contribution >= 0.6 is 7.82 Å². The third kappa shape index (κ3) is 26.2. The highest BCUT2D eigenvalue weighted by molar-refractivity contribution is 7.47. The first-order chi connectivity index (χ1) is 15.7. The molecule has 0 aliphatic rings. The lowest BCUT2D eigenvalue weighted by Gasteiger charge is -2.24. The molecule has 0 bridgehead atoms. The third-order valence-electron chi connectivity index (χ3n) is 5.31. The molecule has 0 aliphatic heterocycles. The number of ether oxygens (including phenoxy) is 1. The predicted octanol–water partition coefficient (Wildman–Crippen LogP) is 5.85. The van der Waals surface area contributed by atoms with Gasteiger partial charge in [0.15, 0.2) is 0 Å². The number of allylic oxidation sites excluding steroid dienone is 2. The number of rotatable bonds is 24. The van der Waals surface area contributed by atoms with Crippen molar-refractivity contribution in [2.75, 3.05) is 54.1 Å². The Hall–Kier alpha value is -0.270. The zero-order chi connectivity index (χ0) is 24.8. The number of hydrogen-bond acceptors (Lipinski definition) is 5. The third-order valence-corrected chi connectivity index (χ3v) is 6.29. The van der Waals surface area contributed by atoms with Gasteiger partial charge in [-0.2, -0.15) is 0 Å². The van der Waals surface area contributed by atoms with Gasteiger partial charge in [-0.05, 0) is 32.1 Å². The van der Waals surface area contributed by atoms with E-state index in [1.54, 1.807) is 0 Å². The van der Waals surface area contributed by atoms with Crippen molar-refractivity contribution in [1.82, 2.24) is 0 Å². The fourth-order valence-electron chi connectivity index (χ4n) is 3.19. The number of unbranched alkanes of at least 4 members (excludes halogenated alkanes) is 11. The van der Waals surface area contributed by atoms with Gasteiger partial charge in [-0.3, -0.25) is 9.05 Å². The summed E-state index contributed by atoms with van der Waals surface area (Å²) >= 11 is 0. The summed E-state index contributed by atoms with van der Waals surface area (Å²) in [6.45, 7) is 3.32. The molecule has 0 rings (SSSR count). The number of likely N-dealkylation sites (N-methyl/N-ethyl adjacent to an activating group) is 1. The quantitative estimate of drug-likeness (QED) is 0.0758. The molecule has 33 heavy (non-hydrogen) atoms. The summed E-state index contributed by atoms with van der Waals surface area (Å²) in [5.74, 6) is 0. The predicted molar refractivity (Wildman–Crippen MR) is 136 cm³/mol. The maximum Gasteiger partial charge on any atom is 0.472 e. The second-order valence-corrected chi connectivity index (χ2v) is 11.4. The second kappa shape index (κ2) is 21.0. The van der Waals surface area contributed by atoms with Crippen molar-refractivity contribution >= 4 is 7.82 Å². The Bertz CT molecular complexity index is 510. The summed E-state index contributed by atoms with van der Waals surface area (Å²) < 4.78 is 27.6. The fraction of sp³-hybridized carbons (Fsp3) is 0.920. The van der Waals surface area contributed by atoms with E-state index in [1.165, 1.54) is 70.6 Å². The minimum atomic E-state index is -4.14. The van der Waals surface area contributed by atoms with Crippen LogP contribution in [-0.2, 0) is 18.3 Å². The van der Waals surface area contributed by atoms with Crippen LogP contribution in [0.1, 0.15) is 90.4 Å². The normalized spacial score (nSPS) is 15.2. The fourth-order valence-corrected chi connectivity index (χ4v) is 3.94. The van der Waals surface area contributed by atoms with Gasteiger partial charge in [0.2, 0.25) is 0 Å². The number of aliphatic hydroxyl groups excluding tert-OH is 1. The zero-order valence-corrected chi connectivity index (χ0v) is 22.8. The lowest BCUT2D eigenvalue weighted by atomic mass is 10.1. The molecule has 0 radical (unpaired) electrons. The number of hydrogen-bond donors (Lipinski definition) is 2. The lowest BCUT2D eigenvalue weighted by molar-refractivity contribution is -0.870. The molecular weight excluding hydrogens is 441 g/mol. The Kier molecular flexibility index (Phi) is 20.9. The van der Waals surface area contributed by atoms with Gasteiger partial charge < -0.3 is 19.2 Å². The van der Waals surface area contributed by atoms with Crippen LogP contribution in [0, 0.1) is 0 Å². The van der Waals surface area contributed by atoms with Gasteiger partial charge in [-0.1, -0.05) is 70.4 Å². The average Bonchev–Trinajstić information content (AvgIpc) is 2.73. The molecule has 2 N–H and O–H groups in total. The Labute approximate surface area is 203 Å². The molecule has 0 aromatic rings. The van der Waals surface area contributed by atoms with E-state index < -0.39 is 13.9 Å². The number of quaternary nitrogens is 1. The SMILES string of the molecule is CCCCCCC/C=C\CCCCCCCCOCC(O)COP(=O)(O)OCC[N+](C)(C)C. The largest absolute Gasteiger partial charge is 0.472 e. The number of aliphatic hydroxyl groups is 1. The first-order valence-electron chi connectivity index (χ1n) is 13.0. The minimum absolute atomic E-state index is 0.0871. The van der Waals surface area contributed by atoms with Crippen LogP contribution in [0.15, 0.2) is 12.2 Å². The van der Waals surface area contributed by atoms with E-state index in [-0.39, 0.29) is 19.8 Å². The Morgan fingerprint density at radius 1 is 0.788 bits per heavy atom. The van der Waals surface area contributed by atoms with Gasteiger partial charge in [0.05, 0.1) is 34.4 Å². The van der Waals surface area contributed by atoms with Crippen LogP contribution in [0.3, 0.4) is 0 Å². The van der Waals surface area contributed by atoms with Crippen LogP contribution < -0.4 is 0 Å². The Balaban J connectivity index is 3.44. The minimum Gasteiger partial charge on any atom is -0.388 e. The van der Waals surface area contributed by atoms with Gasteiger partial charge >= 0.3 is 7.82 Å². The first-order valence-corrected chi connectivity index (χ1v) is 14.5. The standard InChI is InChI=1S/C25H52NO6P/c1-5-6-7-8-9-10-11-12-13-14-15-16-17-18-19-21-30-23-25(27)24-32-33(28,29)31-22-20-26(2,3)4/h11-12,25,27H,5-10,13-24H2,1-4H3/p+1/b12-11-. The number of nitrogens with zero attached hydrogens (tertiary/aromatic N) is 1. The lowest BCUT2D eigenvalue weighted by Crippen LogP contribution is -2.37. The van der Waals surface area contributed by atoms with Crippen LogP contribution in [0.2, 0.25) is 0 Å². The monoisotopic (exact) mass is 494 g/mol. The zero-order valence-electron chi connectivity index (χ0n) is 21.9. The van der Waals surface area contributed by atoms with Crippen molar-refractivity contribution in [3.8, 4) is 0 Å². The molecule has 7 nitrogen and oxygen atoms in total. The molecule has 0 aromatic carbocycles. The summed E-state index contributed by atoms with van der Waals surface area (Å²) in [7, 11) is 1.75. The highest BCUT2D eigenvalue weighted by Gasteiger charge is 2.24. The van der Waals surface area contributed by atoms with E-state index in [9.17, 15) is 14.6 Å². The summed E-state index contributed by atoms with van der Waals surface area (Å²) in [5, 5.41) is 9.85. The Morgan fingerprint density at radius 2 is 1.33 bits per heavy atom. The van der Waals surface area contributed by atoms with Crippen molar-refractivity contribution in [3.63, 3.8) is 0 Å². The van der Waals surface area contributed by atoms with Gasteiger partial charge in [-0.25, -0.2) is 4.57 Å². The Morgan fingerprint density at radius 3 is 1.91 bits per heavy atom. The highest BCUT2D eigenvalue weighted by Crippen LogP contribution is 2.43. The van der Waals surface area contributed by atoms with Gasteiger partial charge in [0.25, 0.3) is 0 Å². The molecule has 198 valence electrons. The first kappa shape index (κ1) is 32.7. The molecule has 8 heteroatoms. The van der Waals surface area contributed by atoms with Gasteiger partial charge in [-0.15, -0.1) is 0 Å². The van der Waals surface area contributed by atoms with E-state index in [4.69, 9.17) is 13.8 Å². The van der Waals surface area contributed by atoms with Gasteiger partial charge in [0.1, 0.15) is 19.3 Å². The van der Waals surface area contributed by atoms with Crippen molar-refractivity contribution in [2.24, 2.45) is 0 Å². The molecule has 0 saturated carbocycles. The van der Waals surface area contributed by atoms with Crippen LogP contribution in [0.5, 0.6) is 0 Å². The van der Waals surface area contributed by atoms with Crippen molar-refractivity contribution in [2.45, 2.75) is 96.5 Å². The smallest absolute Gasteiger partial charge is 0.388 e. The van der Waals surface area contributed by atoms with Crippen LogP contribution in [0.4, 0.5) is 0 Å². The maximum absolute atomic E-state index is 11.8. The molecule has 0 fully saturated rings. The highest BCUT2D eigenvalue weighted by atomic mass is 31.2. The second-order valence-electron chi connectivity index (χ2n) is 9.92. The number of phosphoric ester groups is 1. The molecule has 0 heterocycles. The van der Waals surface area contributed by atoms with E-state index in [0.717, 1.165) is 12.8 Å². The van der Waals surface area contributed by atoms with E-state index in [0.29, 0.717) is 17.6 Å². The summed E-state index contributed by atoms with van der Waals surface area (Å²) in [4.78, 5) is 9.63. The summed E-state index contributed by atoms with van der Waals surface area (Å²) in [6.07, 6.45) is 20.0. The van der Waals surface area contributed by atoms with E-state index >= 15 is 0 Å². The molecule has 2 unspecified atom stereocenters. The molecule has 0 amide bonds. The molecule has 0 saturated heterocycles. The molecule has 0 aromatic heterocycles. The number of phosphoric acid groups is 1. The van der Waals surface area contributed by atoms with E-state index in [1.807, 2.05) is 21.1 Å². The van der Waals surface area contributed by atoms with Crippen molar-refractivity contribution < 1.29 is 32.8 Å². The van der Waals surface area contributed by atoms with Crippen molar-refractivity contribution in [3.05, 3.63) is 12.2 Å². The molecule has 0 spiro atoms. The average molecular weight is 495 g/mol. The van der Waals surface area contributed by atoms with E-state index in [2.05, 4.69) is 19.1 Å². The maximum atomic E-state index is 11.8. The topological polar surface area (TPSA) is 85.2 Å². The summed E-state index contributed by atoms with van der Waals surface area (Å²) in [6, 6.07) is 0. The molecule has 0 aliphatic carbocycles. The summed E-state index contributed by atoms with van der Waals surface area (Å²) in [5.41, 5.74) is 0. The molecular formula is C25H53NO6P+. The molecule has 2 atom stereocenters. The van der Waals surface area contributed by atoms with Crippen LogP contribution in [-0.4, -0.2) is 74.7 Å². The van der Waals surface area contributed by atoms with Crippen LogP contribution in [0.25, 0.3) is 0 Å².